The quantitative estimate of drug-likeness (QED) is 0.773. The Morgan fingerprint density at radius 3 is 2.91 bits per heavy atom. The largest absolute Gasteiger partial charge is 0.481 e. The summed E-state index contributed by atoms with van der Waals surface area (Å²) < 4.78 is 5.22. The molecule has 2 aromatic heterocycles. The third kappa shape index (κ3) is 2.63. The molecule has 0 bridgehead atoms. The van der Waals surface area contributed by atoms with E-state index < -0.39 is 0 Å². The molecule has 1 aromatic carbocycles. The van der Waals surface area contributed by atoms with Crippen LogP contribution in [-0.2, 0) is 6.54 Å². The number of carbonyl (C=O) groups is 1. The Kier molecular flexibility index (Phi) is 3.74. The molecule has 0 unspecified atom stereocenters. The molecule has 6 nitrogen and oxygen atoms in total. The van der Waals surface area contributed by atoms with Crippen LogP contribution < -0.4 is 10.1 Å². The lowest BCUT2D eigenvalue weighted by Crippen LogP contribution is -2.24. The fourth-order valence-corrected chi connectivity index (χ4v) is 2.31. The van der Waals surface area contributed by atoms with Gasteiger partial charge in [-0.2, -0.15) is 5.10 Å². The van der Waals surface area contributed by atoms with E-state index in [-0.39, 0.29) is 5.91 Å². The number of aromatic nitrogens is 3. The van der Waals surface area contributed by atoms with E-state index in [9.17, 15) is 4.79 Å². The third-order valence-electron chi connectivity index (χ3n) is 3.48. The van der Waals surface area contributed by atoms with Gasteiger partial charge in [0.25, 0.3) is 5.91 Å². The highest BCUT2D eigenvalue weighted by atomic mass is 16.5. The number of pyridine rings is 1. The molecule has 0 aliphatic heterocycles. The summed E-state index contributed by atoms with van der Waals surface area (Å²) >= 11 is 0. The number of para-hydroxylation sites is 1. The molecule has 0 spiro atoms. The number of carbonyl (C=O) groups excluding carboxylic acids is 1. The van der Waals surface area contributed by atoms with Gasteiger partial charge in [-0.15, -0.1) is 0 Å². The van der Waals surface area contributed by atoms with Crippen LogP contribution in [0, 0.1) is 6.92 Å². The zero-order valence-corrected chi connectivity index (χ0v) is 12.4. The number of methoxy groups -OCH3 is 1. The smallest absolute Gasteiger partial charge is 0.269 e. The van der Waals surface area contributed by atoms with Crippen molar-refractivity contribution in [3.8, 4) is 5.88 Å². The Morgan fingerprint density at radius 1 is 1.36 bits per heavy atom. The Bertz CT molecular complexity index is 826. The van der Waals surface area contributed by atoms with Crippen LogP contribution in [0.4, 0.5) is 0 Å². The molecule has 0 aliphatic carbocycles. The highest BCUT2D eigenvalue weighted by molar-refractivity contribution is 5.93. The maximum Gasteiger partial charge on any atom is 0.269 e. The maximum absolute atomic E-state index is 12.2. The molecule has 2 heterocycles. The minimum Gasteiger partial charge on any atom is -0.481 e. The zero-order valence-electron chi connectivity index (χ0n) is 12.4. The van der Waals surface area contributed by atoms with Crippen LogP contribution in [0.1, 0.15) is 21.6 Å². The van der Waals surface area contributed by atoms with E-state index in [1.165, 1.54) is 0 Å². The monoisotopic (exact) mass is 296 g/mol. The van der Waals surface area contributed by atoms with Crippen LogP contribution in [0.15, 0.2) is 36.5 Å². The predicted octanol–water partition coefficient (Wildman–Crippen LogP) is 2.20. The Hall–Kier alpha value is -2.89. The van der Waals surface area contributed by atoms with E-state index >= 15 is 0 Å². The first-order valence-electron chi connectivity index (χ1n) is 6.90. The minimum absolute atomic E-state index is 0.185. The second-order valence-electron chi connectivity index (χ2n) is 4.95. The van der Waals surface area contributed by atoms with Crippen molar-refractivity contribution >= 4 is 16.8 Å². The van der Waals surface area contributed by atoms with Crippen molar-refractivity contribution in [3.63, 3.8) is 0 Å². The number of hydrogen-bond donors (Lipinski definition) is 2. The van der Waals surface area contributed by atoms with Crippen LogP contribution >= 0.6 is 0 Å². The SMILES string of the molecule is COc1cc(CNC(=O)c2[nH]ncc2C)c2ccccc2n1. The first-order chi connectivity index (χ1) is 10.7. The van der Waals surface area contributed by atoms with E-state index in [4.69, 9.17) is 4.74 Å². The summed E-state index contributed by atoms with van der Waals surface area (Å²) in [5, 5.41) is 10.4. The van der Waals surface area contributed by atoms with E-state index in [0.29, 0.717) is 18.1 Å². The van der Waals surface area contributed by atoms with Gasteiger partial charge in [0, 0.05) is 18.0 Å². The Labute approximate surface area is 127 Å². The summed E-state index contributed by atoms with van der Waals surface area (Å²) in [6, 6.07) is 9.60. The lowest BCUT2D eigenvalue weighted by atomic mass is 10.1. The second kappa shape index (κ2) is 5.85. The van der Waals surface area contributed by atoms with Crippen LogP contribution in [0.25, 0.3) is 10.9 Å². The molecule has 0 aliphatic rings. The number of nitrogens with zero attached hydrogens (tertiary/aromatic N) is 2. The van der Waals surface area contributed by atoms with Crippen LogP contribution in [0.5, 0.6) is 5.88 Å². The first kappa shape index (κ1) is 14.1. The molecule has 0 fully saturated rings. The van der Waals surface area contributed by atoms with E-state index in [2.05, 4.69) is 20.5 Å². The first-order valence-corrected chi connectivity index (χ1v) is 6.90. The average molecular weight is 296 g/mol. The molecular formula is C16H16N4O2. The molecule has 0 atom stereocenters. The molecule has 0 saturated heterocycles. The number of aromatic amines is 1. The molecule has 22 heavy (non-hydrogen) atoms. The van der Waals surface area contributed by atoms with Gasteiger partial charge in [-0.3, -0.25) is 9.89 Å². The standard InChI is InChI=1S/C16H16N4O2/c1-10-8-18-20-15(10)16(21)17-9-11-7-14(22-2)19-13-6-4-3-5-12(11)13/h3-8H,9H2,1-2H3,(H,17,21)(H,18,20). The zero-order chi connectivity index (χ0) is 15.5. The summed E-state index contributed by atoms with van der Waals surface area (Å²) in [6.45, 7) is 2.22. The number of ether oxygens (including phenoxy) is 1. The van der Waals surface area contributed by atoms with Crippen molar-refractivity contribution in [3.05, 3.63) is 53.3 Å². The number of fused-ring (bicyclic) bond motifs is 1. The van der Waals surface area contributed by atoms with Gasteiger partial charge < -0.3 is 10.1 Å². The molecule has 0 radical (unpaired) electrons. The van der Waals surface area contributed by atoms with Gasteiger partial charge >= 0.3 is 0 Å². The molecule has 2 N–H and O–H groups in total. The van der Waals surface area contributed by atoms with E-state index in [1.54, 1.807) is 13.3 Å². The second-order valence-corrected chi connectivity index (χ2v) is 4.95. The number of H-pyrrole nitrogens is 1. The number of hydrogen-bond acceptors (Lipinski definition) is 4. The highest BCUT2D eigenvalue weighted by Crippen LogP contribution is 2.21. The topological polar surface area (TPSA) is 79.9 Å². The van der Waals surface area contributed by atoms with Crippen molar-refractivity contribution in [2.24, 2.45) is 0 Å². The predicted molar refractivity (Wildman–Crippen MR) is 82.8 cm³/mol. The molecule has 3 rings (SSSR count). The summed E-state index contributed by atoms with van der Waals surface area (Å²) in [7, 11) is 1.58. The van der Waals surface area contributed by atoms with Crippen LogP contribution in [0.2, 0.25) is 0 Å². The third-order valence-corrected chi connectivity index (χ3v) is 3.48. The van der Waals surface area contributed by atoms with Crippen molar-refractivity contribution in [1.29, 1.82) is 0 Å². The molecule has 3 aromatic rings. The normalized spacial score (nSPS) is 10.6. The fourth-order valence-electron chi connectivity index (χ4n) is 2.31. The molecule has 1 amide bonds. The van der Waals surface area contributed by atoms with Crippen LogP contribution in [0.3, 0.4) is 0 Å². The number of aryl methyl sites for hydroxylation is 1. The van der Waals surface area contributed by atoms with Crippen molar-refractivity contribution in [1.82, 2.24) is 20.5 Å². The summed E-state index contributed by atoms with van der Waals surface area (Å²) in [4.78, 5) is 16.6. The lowest BCUT2D eigenvalue weighted by Gasteiger charge is -2.10. The van der Waals surface area contributed by atoms with Gasteiger partial charge in [-0.25, -0.2) is 4.98 Å². The summed E-state index contributed by atoms with van der Waals surface area (Å²) in [5.41, 5.74) is 3.08. The van der Waals surface area contributed by atoms with Crippen molar-refractivity contribution in [2.45, 2.75) is 13.5 Å². The van der Waals surface area contributed by atoms with Crippen molar-refractivity contribution in [2.75, 3.05) is 7.11 Å². The Balaban J connectivity index is 1.87. The van der Waals surface area contributed by atoms with Gasteiger partial charge in [-0.1, -0.05) is 18.2 Å². The number of nitrogens with one attached hydrogen (secondary N) is 2. The van der Waals surface area contributed by atoms with Gasteiger partial charge in [0.1, 0.15) is 5.69 Å². The number of amides is 1. The molecule has 6 heteroatoms. The molecule has 112 valence electrons. The number of benzene rings is 1. The average Bonchev–Trinajstić information content (AvgIpc) is 2.98. The highest BCUT2D eigenvalue weighted by Gasteiger charge is 2.12. The summed E-state index contributed by atoms with van der Waals surface area (Å²) in [6.07, 6.45) is 1.62. The maximum atomic E-state index is 12.2. The van der Waals surface area contributed by atoms with Crippen LogP contribution in [-0.4, -0.2) is 28.2 Å². The van der Waals surface area contributed by atoms with Gasteiger partial charge in [-0.05, 0) is 24.1 Å². The Morgan fingerprint density at radius 2 is 2.18 bits per heavy atom. The minimum atomic E-state index is -0.185. The van der Waals surface area contributed by atoms with E-state index in [0.717, 1.165) is 22.0 Å². The molecular weight excluding hydrogens is 280 g/mol. The van der Waals surface area contributed by atoms with Gasteiger partial charge in [0.05, 0.1) is 18.8 Å². The lowest BCUT2D eigenvalue weighted by molar-refractivity contribution is 0.0945. The summed E-state index contributed by atoms with van der Waals surface area (Å²) in [5.74, 6) is 0.343. The van der Waals surface area contributed by atoms with Gasteiger partial charge in [0.2, 0.25) is 5.88 Å². The van der Waals surface area contributed by atoms with E-state index in [1.807, 2.05) is 37.3 Å². The van der Waals surface area contributed by atoms with Crippen molar-refractivity contribution < 1.29 is 9.53 Å². The molecule has 0 saturated carbocycles. The fraction of sp³-hybridized carbons (Fsp3) is 0.188. The number of rotatable bonds is 4. The van der Waals surface area contributed by atoms with Gasteiger partial charge in [0.15, 0.2) is 0 Å².